The van der Waals surface area contributed by atoms with E-state index < -0.39 is 0 Å². The van der Waals surface area contributed by atoms with Gasteiger partial charge in [0.2, 0.25) is 5.91 Å². The summed E-state index contributed by atoms with van der Waals surface area (Å²) in [4.78, 5) is 24.9. The Morgan fingerprint density at radius 1 is 0.889 bits per heavy atom. The van der Waals surface area contributed by atoms with Crippen molar-refractivity contribution < 1.29 is 4.79 Å². The van der Waals surface area contributed by atoms with Gasteiger partial charge in [0, 0.05) is 23.7 Å². The summed E-state index contributed by atoms with van der Waals surface area (Å²) in [6.45, 7) is 1.49. The fourth-order valence-corrected chi connectivity index (χ4v) is 2.57. The minimum Gasteiger partial charge on any atom is -0.398 e. The van der Waals surface area contributed by atoms with Crippen molar-refractivity contribution in [2.45, 2.75) is 6.92 Å². The van der Waals surface area contributed by atoms with E-state index in [2.05, 4.69) is 25.3 Å². The molecule has 0 aliphatic heterocycles. The molecule has 136 valence electrons. The second kappa shape index (κ2) is 8.48. The van der Waals surface area contributed by atoms with Gasteiger partial charge in [-0.1, -0.05) is 36.4 Å². The van der Waals surface area contributed by atoms with Gasteiger partial charge < -0.3 is 21.0 Å². The van der Waals surface area contributed by atoms with Crippen molar-refractivity contribution in [3.8, 4) is 22.5 Å². The number of carbonyl (C=O) groups excluding carboxylic acids is 1. The Morgan fingerprint density at radius 3 is 2.00 bits per heavy atom. The van der Waals surface area contributed by atoms with Crippen molar-refractivity contribution >= 4 is 17.3 Å². The molecule has 7 nitrogen and oxygen atoms in total. The molecule has 2 aromatic heterocycles. The van der Waals surface area contributed by atoms with Gasteiger partial charge in [-0.25, -0.2) is 9.97 Å². The summed E-state index contributed by atoms with van der Waals surface area (Å²) in [5.74, 6) is -0.0815. The van der Waals surface area contributed by atoms with E-state index in [1.54, 1.807) is 25.0 Å². The lowest BCUT2D eigenvalue weighted by Crippen LogP contribution is -2.06. The maximum Gasteiger partial charge on any atom is 0.221 e. The van der Waals surface area contributed by atoms with E-state index in [0.29, 0.717) is 0 Å². The van der Waals surface area contributed by atoms with Crippen LogP contribution in [0.4, 0.5) is 11.4 Å². The number of aromatic nitrogens is 4. The molecule has 0 spiro atoms. The van der Waals surface area contributed by atoms with Crippen LogP contribution in [0.5, 0.6) is 0 Å². The number of nitrogens with zero attached hydrogens (tertiary/aromatic N) is 2. The van der Waals surface area contributed by atoms with Crippen molar-refractivity contribution in [1.82, 2.24) is 19.9 Å². The first-order valence-corrected chi connectivity index (χ1v) is 8.33. The van der Waals surface area contributed by atoms with Gasteiger partial charge in [0.15, 0.2) is 0 Å². The zero-order chi connectivity index (χ0) is 19.1. The Bertz CT molecular complexity index is 993. The van der Waals surface area contributed by atoms with Crippen molar-refractivity contribution in [3.63, 3.8) is 0 Å². The van der Waals surface area contributed by atoms with Crippen LogP contribution in [0, 0.1) is 0 Å². The Morgan fingerprint density at radius 2 is 1.44 bits per heavy atom. The summed E-state index contributed by atoms with van der Waals surface area (Å²) in [5, 5.41) is 2.77. The molecule has 0 unspecified atom stereocenters. The number of amides is 1. The molecule has 5 N–H and O–H groups in total. The van der Waals surface area contributed by atoms with Crippen LogP contribution < -0.4 is 11.1 Å². The minimum atomic E-state index is -0.0815. The van der Waals surface area contributed by atoms with Crippen LogP contribution >= 0.6 is 0 Å². The summed E-state index contributed by atoms with van der Waals surface area (Å²) >= 11 is 0. The van der Waals surface area contributed by atoms with Gasteiger partial charge in [-0.15, -0.1) is 0 Å². The molecule has 0 atom stereocenters. The predicted octanol–water partition coefficient (Wildman–Crippen LogP) is 3.69. The number of nitrogens with two attached hydrogens (primary N) is 1. The van der Waals surface area contributed by atoms with Gasteiger partial charge in [0.05, 0.1) is 42.1 Å². The summed E-state index contributed by atoms with van der Waals surface area (Å²) in [6, 6.07) is 15.3. The van der Waals surface area contributed by atoms with Crippen molar-refractivity contribution in [2.24, 2.45) is 0 Å². The lowest BCUT2D eigenvalue weighted by Gasteiger charge is -2.07. The third kappa shape index (κ3) is 4.60. The molecule has 0 aliphatic rings. The van der Waals surface area contributed by atoms with E-state index in [4.69, 9.17) is 5.73 Å². The molecule has 1 amide bonds. The van der Waals surface area contributed by atoms with Gasteiger partial charge in [-0.3, -0.25) is 4.79 Å². The lowest BCUT2D eigenvalue weighted by molar-refractivity contribution is -0.114. The first kappa shape index (κ1) is 17.9. The van der Waals surface area contributed by atoms with E-state index in [0.717, 1.165) is 33.9 Å². The van der Waals surface area contributed by atoms with E-state index in [1.807, 2.05) is 48.5 Å². The number of anilines is 2. The van der Waals surface area contributed by atoms with E-state index in [1.165, 1.54) is 6.92 Å². The highest BCUT2D eigenvalue weighted by molar-refractivity contribution is 5.93. The fourth-order valence-electron chi connectivity index (χ4n) is 2.57. The maximum absolute atomic E-state index is 11.0. The SMILES string of the molecule is CC(=O)Nc1ccccc1-c1cnc[nH]1.Nc1ccccc1-c1cnc[nH]1. The van der Waals surface area contributed by atoms with Crippen LogP contribution in [0.2, 0.25) is 0 Å². The highest BCUT2D eigenvalue weighted by atomic mass is 16.1. The Hall–Kier alpha value is -3.87. The van der Waals surface area contributed by atoms with Crippen LogP contribution in [0.15, 0.2) is 73.6 Å². The topological polar surface area (TPSA) is 112 Å². The number of hydrogen-bond donors (Lipinski definition) is 4. The zero-order valence-corrected chi connectivity index (χ0v) is 14.8. The molecular formula is C20H20N6O. The average Bonchev–Trinajstić information content (AvgIpc) is 3.37. The number of benzene rings is 2. The summed E-state index contributed by atoms with van der Waals surface area (Å²) in [6.07, 6.45) is 6.73. The van der Waals surface area contributed by atoms with Gasteiger partial charge >= 0.3 is 0 Å². The number of H-pyrrole nitrogens is 2. The molecule has 4 rings (SSSR count). The zero-order valence-electron chi connectivity index (χ0n) is 14.8. The molecule has 4 aromatic rings. The largest absolute Gasteiger partial charge is 0.398 e. The smallest absolute Gasteiger partial charge is 0.221 e. The summed E-state index contributed by atoms with van der Waals surface area (Å²) in [5.41, 5.74) is 11.1. The normalized spacial score (nSPS) is 9.96. The Kier molecular flexibility index (Phi) is 5.64. The fraction of sp³-hybridized carbons (Fsp3) is 0.0500. The van der Waals surface area contributed by atoms with Crippen LogP contribution in [0.3, 0.4) is 0 Å². The highest BCUT2D eigenvalue weighted by Gasteiger charge is 2.06. The number of nitrogens with one attached hydrogen (secondary N) is 3. The first-order valence-electron chi connectivity index (χ1n) is 8.33. The molecule has 0 aliphatic carbocycles. The Labute approximate surface area is 156 Å². The van der Waals surface area contributed by atoms with Gasteiger partial charge in [0.1, 0.15) is 0 Å². The predicted molar refractivity (Wildman–Crippen MR) is 107 cm³/mol. The quantitative estimate of drug-likeness (QED) is 0.417. The number of carbonyl (C=O) groups is 1. The second-order valence-corrected chi connectivity index (χ2v) is 5.74. The number of rotatable bonds is 3. The average molecular weight is 360 g/mol. The second-order valence-electron chi connectivity index (χ2n) is 5.74. The first-order chi connectivity index (χ1) is 13.1. The number of hydrogen-bond acceptors (Lipinski definition) is 4. The number of nitrogen functional groups attached to an aromatic ring is 1. The Balaban J connectivity index is 0.000000159. The monoisotopic (exact) mass is 360 g/mol. The van der Waals surface area contributed by atoms with E-state index in [-0.39, 0.29) is 5.91 Å². The van der Waals surface area contributed by atoms with Crippen molar-refractivity contribution in [2.75, 3.05) is 11.1 Å². The summed E-state index contributed by atoms with van der Waals surface area (Å²) < 4.78 is 0. The third-order valence-corrected chi connectivity index (χ3v) is 3.78. The van der Waals surface area contributed by atoms with Gasteiger partial charge in [-0.2, -0.15) is 0 Å². The van der Waals surface area contributed by atoms with E-state index >= 15 is 0 Å². The molecule has 0 saturated carbocycles. The standard InChI is InChI=1S/C11H11N3O.C9H9N3/c1-8(15)14-10-5-3-2-4-9(10)11-6-12-7-13-11;10-8-4-2-1-3-7(8)9-5-11-6-12-9/h2-7H,1H3,(H,12,13)(H,14,15);1-6H,10H2,(H,11,12). The third-order valence-electron chi connectivity index (χ3n) is 3.78. The number of aromatic amines is 2. The number of para-hydroxylation sites is 2. The molecule has 27 heavy (non-hydrogen) atoms. The summed E-state index contributed by atoms with van der Waals surface area (Å²) in [7, 11) is 0. The van der Waals surface area contributed by atoms with Crippen molar-refractivity contribution in [3.05, 3.63) is 73.6 Å². The molecule has 2 aromatic carbocycles. The van der Waals surface area contributed by atoms with Crippen LogP contribution in [0.1, 0.15) is 6.92 Å². The number of imidazole rings is 2. The molecular weight excluding hydrogens is 340 g/mol. The van der Waals surface area contributed by atoms with Crippen LogP contribution in [-0.4, -0.2) is 25.8 Å². The molecule has 0 fully saturated rings. The van der Waals surface area contributed by atoms with E-state index in [9.17, 15) is 4.79 Å². The minimum absolute atomic E-state index is 0.0815. The molecule has 0 saturated heterocycles. The van der Waals surface area contributed by atoms with Crippen molar-refractivity contribution in [1.29, 1.82) is 0 Å². The molecule has 2 heterocycles. The molecule has 0 radical (unpaired) electrons. The van der Waals surface area contributed by atoms with Gasteiger partial charge in [-0.05, 0) is 12.1 Å². The maximum atomic E-state index is 11.0. The molecule has 0 bridgehead atoms. The highest BCUT2D eigenvalue weighted by Crippen LogP contribution is 2.25. The van der Waals surface area contributed by atoms with Crippen LogP contribution in [0.25, 0.3) is 22.5 Å². The molecule has 7 heteroatoms. The van der Waals surface area contributed by atoms with Crippen LogP contribution in [-0.2, 0) is 4.79 Å². The lowest BCUT2D eigenvalue weighted by atomic mass is 10.1. The van der Waals surface area contributed by atoms with Gasteiger partial charge in [0.25, 0.3) is 0 Å².